The number of carbonyl (C=O) groups excluding carboxylic acids is 1. The molecule has 4 aromatic rings. The van der Waals surface area contributed by atoms with Crippen molar-refractivity contribution in [3.05, 3.63) is 94.3 Å². The second-order valence-electron chi connectivity index (χ2n) is 8.86. The van der Waals surface area contributed by atoms with Crippen LogP contribution in [0.4, 0.5) is 0 Å². The van der Waals surface area contributed by atoms with Crippen LogP contribution in [0.15, 0.2) is 66.7 Å². The highest BCUT2D eigenvalue weighted by molar-refractivity contribution is 6.30. The molecule has 0 atom stereocenters. The lowest BCUT2D eigenvalue weighted by molar-refractivity contribution is 0.0953. The summed E-state index contributed by atoms with van der Waals surface area (Å²) in [5.74, 6) is 1.95. The number of carbonyl (C=O) groups is 1. The molecule has 0 radical (unpaired) electrons. The van der Waals surface area contributed by atoms with Gasteiger partial charge in [-0.15, -0.1) is 0 Å². The van der Waals surface area contributed by atoms with E-state index in [0.29, 0.717) is 23.7 Å². The summed E-state index contributed by atoms with van der Waals surface area (Å²) in [5.41, 5.74) is 5.18. The number of benzene rings is 3. The van der Waals surface area contributed by atoms with Gasteiger partial charge in [0.1, 0.15) is 18.2 Å². The summed E-state index contributed by atoms with van der Waals surface area (Å²) in [7, 11) is 0. The summed E-state index contributed by atoms with van der Waals surface area (Å²) in [6.07, 6.45) is 3.85. The fourth-order valence-corrected chi connectivity index (χ4v) is 4.39. The third-order valence-corrected chi connectivity index (χ3v) is 6.36. The highest BCUT2D eigenvalue weighted by Crippen LogP contribution is 2.21. The number of imidazole rings is 1. The number of aromatic nitrogens is 2. The third kappa shape index (κ3) is 6.64. The normalized spacial score (nSPS) is 11.1. The van der Waals surface area contributed by atoms with E-state index >= 15 is 0 Å². The first-order chi connectivity index (χ1) is 17.0. The molecule has 0 aliphatic rings. The van der Waals surface area contributed by atoms with Gasteiger partial charge in [0.25, 0.3) is 5.91 Å². The quantitative estimate of drug-likeness (QED) is 0.244. The van der Waals surface area contributed by atoms with E-state index in [9.17, 15) is 4.79 Å². The number of ether oxygens (including phenoxy) is 1. The molecule has 0 fully saturated rings. The van der Waals surface area contributed by atoms with Crippen LogP contribution in [0.25, 0.3) is 11.0 Å². The average molecular weight is 490 g/mol. The second kappa shape index (κ2) is 11.9. The molecule has 1 amide bonds. The van der Waals surface area contributed by atoms with Gasteiger partial charge in [-0.1, -0.05) is 47.9 Å². The molecule has 4 rings (SSSR count). The van der Waals surface area contributed by atoms with Crippen molar-refractivity contribution in [1.29, 1.82) is 0 Å². The van der Waals surface area contributed by atoms with Gasteiger partial charge in [0.15, 0.2) is 0 Å². The van der Waals surface area contributed by atoms with Crippen LogP contribution in [-0.4, -0.2) is 28.6 Å². The summed E-state index contributed by atoms with van der Waals surface area (Å²) in [6.45, 7) is 6.17. The van der Waals surface area contributed by atoms with Crippen LogP contribution in [0.1, 0.15) is 46.6 Å². The lowest BCUT2D eigenvalue weighted by atomic mass is 10.1. The Balaban J connectivity index is 1.28. The van der Waals surface area contributed by atoms with Gasteiger partial charge in [-0.05, 0) is 74.7 Å². The number of hydrogen-bond acceptors (Lipinski definition) is 3. The van der Waals surface area contributed by atoms with Crippen molar-refractivity contribution in [3.8, 4) is 5.75 Å². The lowest BCUT2D eigenvalue weighted by Gasteiger charge is -2.13. The van der Waals surface area contributed by atoms with E-state index in [1.165, 1.54) is 5.56 Å². The van der Waals surface area contributed by atoms with E-state index in [-0.39, 0.29) is 5.91 Å². The number of amides is 1. The van der Waals surface area contributed by atoms with Crippen molar-refractivity contribution in [1.82, 2.24) is 14.9 Å². The Morgan fingerprint density at radius 2 is 1.80 bits per heavy atom. The van der Waals surface area contributed by atoms with E-state index in [1.54, 1.807) is 24.3 Å². The number of rotatable bonds is 11. The minimum Gasteiger partial charge on any atom is -0.491 e. The number of aryl methyl sites for hydroxylation is 3. The number of halogens is 1. The molecule has 6 heteroatoms. The first-order valence-corrected chi connectivity index (χ1v) is 12.6. The maximum atomic E-state index is 12.2. The molecule has 0 saturated heterocycles. The van der Waals surface area contributed by atoms with Crippen molar-refractivity contribution < 1.29 is 9.53 Å². The molecule has 5 nitrogen and oxygen atoms in total. The van der Waals surface area contributed by atoms with Crippen molar-refractivity contribution in [2.75, 3.05) is 13.2 Å². The van der Waals surface area contributed by atoms with Gasteiger partial charge in [0, 0.05) is 23.6 Å². The van der Waals surface area contributed by atoms with Gasteiger partial charge in [0.05, 0.1) is 17.6 Å². The van der Waals surface area contributed by atoms with Gasteiger partial charge >= 0.3 is 0 Å². The number of nitrogens with zero attached hydrogens (tertiary/aromatic N) is 2. The monoisotopic (exact) mass is 489 g/mol. The molecular weight excluding hydrogens is 458 g/mol. The predicted octanol–water partition coefficient (Wildman–Crippen LogP) is 6.53. The average Bonchev–Trinajstić information content (AvgIpc) is 3.20. The first-order valence-electron chi connectivity index (χ1n) is 12.2. The number of hydrogen-bond donors (Lipinski definition) is 1. The molecule has 0 spiro atoms. The van der Waals surface area contributed by atoms with Crippen LogP contribution >= 0.6 is 11.6 Å². The van der Waals surface area contributed by atoms with Gasteiger partial charge < -0.3 is 14.6 Å². The first kappa shape index (κ1) is 24.8. The summed E-state index contributed by atoms with van der Waals surface area (Å²) in [4.78, 5) is 17.1. The summed E-state index contributed by atoms with van der Waals surface area (Å²) >= 11 is 5.89. The van der Waals surface area contributed by atoms with Crippen LogP contribution in [-0.2, 0) is 13.0 Å². The largest absolute Gasteiger partial charge is 0.491 e. The molecule has 0 bridgehead atoms. The molecule has 1 aromatic heterocycles. The molecule has 0 saturated carbocycles. The van der Waals surface area contributed by atoms with Crippen molar-refractivity contribution in [2.24, 2.45) is 0 Å². The number of nitrogens with one attached hydrogen (secondary N) is 1. The van der Waals surface area contributed by atoms with Crippen molar-refractivity contribution in [2.45, 2.75) is 46.1 Å². The molecule has 0 aliphatic carbocycles. The Morgan fingerprint density at radius 1 is 1.00 bits per heavy atom. The zero-order valence-corrected chi connectivity index (χ0v) is 21.1. The van der Waals surface area contributed by atoms with E-state index in [0.717, 1.165) is 60.4 Å². The van der Waals surface area contributed by atoms with Gasteiger partial charge in [0.2, 0.25) is 0 Å². The zero-order chi connectivity index (χ0) is 24.6. The minimum absolute atomic E-state index is 0.0627. The van der Waals surface area contributed by atoms with Crippen molar-refractivity contribution >= 4 is 28.5 Å². The lowest BCUT2D eigenvalue weighted by Crippen LogP contribution is -2.24. The maximum absolute atomic E-state index is 12.2. The number of fused-ring (bicyclic) bond motifs is 1. The van der Waals surface area contributed by atoms with Gasteiger partial charge in [-0.2, -0.15) is 0 Å². The summed E-state index contributed by atoms with van der Waals surface area (Å²) < 4.78 is 8.37. The number of unbranched alkanes of at least 4 members (excludes halogenated alkanes) is 2. The molecule has 182 valence electrons. The predicted molar refractivity (Wildman–Crippen MR) is 142 cm³/mol. The van der Waals surface area contributed by atoms with Gasteiger partial charge in [-0.25, -0.2) is 4.98 Å². The van der Waals surface area contributed by atoms with Crippen LogP contribution in [0.3, 0.4) is 0 Å². The number of para-hydroxylation sites is 2. The fourth-order valence-electron chi connectivity index (χ4n) is 4.26. The van der Waals surface area contributed by atoms with Crippen LogP contribution < -0.4 is 10.1 Å². The van der Waals surface area contributed by atoms with Crippen LogP contribution in [0.5, 0.6) is 5.75 Å². The molecule has 1 heterocycles. The molecular formula is C29H32ClN3O2. The van der Waals surface area contributed by atoms with E-state index in [1.807, 2.05) is 12.1 Å². The zero-order valence-electron chi connectivity index (χ0n) is 20.4. The van der Waals surface area contributed by atoms with Crippen LogP contribution in [0.2, 0.25) is 5.02 Å². The third-order valence-electron chi connectivity index (χ3n) is 6.11. The Bertz CT molecular complexity index is 1280. The van der Waals surface area contributed by atoms with Gasteiger partial charge in [-0.3, -0.25) is 4.79 Å². The Morgan fingerprint density at radius 3 is 2.60 bits per heavy atom. The highest BCUT2D eigenvalue weighted by atomic mass is 35.5. The molecule has 0 unspecified atom stereocenters. The smallest absolute Gasteiger partial charge is 0.251 e. The molecule has 3 aromatic carbocycles. The maximum Gasteiger partial charge on any atom is 0.251 e. The minimum atomic E-state index is -0.0627. The standard InChI is InChI=1S/C29H32ClN3O2/c1-21-11-16-27(22(2)20-21)35-19-18-33-26-9-6-5-8-25(26)32-28(33)10-4-3-7-17-31-29(34)23-12-14-24(30)15-13-23/h5-6,8-9,11-16,20H,3-4,7,10,17-19H2,1-2H3,(H,31,34). The van der Waals surface area contributed by atoms with E-state index in [4.69, 9.17) is 21.3 Å². The Kier molecular flexibility index (Phi) is 8.43. The molecule has 0 aliphatic heterocycles. The summed E-state index contributed by atoms with van der Waals surface area (Å²) in [5, 5.41) is 3.61. The summed E-state index contributed by atoms with van der Waals surface area (Å²) in [6, 6.07) is 21.5. The SMILES string of the molecule is Cc1ccc(OCCn2c(CCCCCNC(=O)c3ccc(Cl)cc3)nc3ccccc32)c(C)c1. The molecule has 1 N–H and O–H groups in total. The topological polar surface area (TPSA) is 56.1 Å². The second-order valence-corrected chi connectivity index (χ2v) is 9.30. The van der Waals surface area contributed by atoms with E-state index < -0.39 is 0 Å². The van der Waals surface area contributed by atoms with E-state index in [2.05, 4.69) is 54.1 Å². The Labute approximate surface area is 212 Å². The molecule has 35 heavy (non-hydrogen) atoms. The Hall–Kier alpha value is -3.31. The van der Waals surface area contributed by atoms with Crippen molar-refractivity contribution in [3.63, 3.8) is 0 Å². The van der Waals surface area contributed by atoms with Crippen LogP contribution in [0, 0.1) is 13.8 Å². The highest BCUT2D eigenvalue weighted by Gasteiger charge is 2.11. The fraction of sp³-hybridized carbons (Fsp3) is 0.310.